The summed E-state index contributed by atoms with van der Waals surface area (Å²) < 4.78 is 15.9. The number of carbonyl (C=O) groups excluding carboxylic acids is 4. The largest absolute Gasteiger partial charge is 0.460 e. The van der Waals surface area contributed by atoms with E-state index in [4.69, 9.17) is 14.2 Å². The molecule has 11 heteroatoms. The number of nitrogens with zero attached hydrogens (tertiary/aromatic N) is 1. The number of alkyl carbamates (subject to hydrolysis) is 1. The van der Waals surface area contributed by atoms with E-state index in [1.165, 1.54) is 12.0 Å². The number of hydrogen-bond acceptors (Lipinski definition) is 8. The molecule has 3 aromatic carbocycles. The van der Waals surface area contributed by atoms with Gasteiger partial charge in [-0.1, -0.05) is 78.9 Å². The molecule has 3 amide bonds. The van der Waals surface area contributed by atoms with E-state index in [9.17, 15) is 19.2 Å². The van der Waals surface area contributed by atoms with Crippen LogP contribution in [0.1, 0.15) is 62.8 Å². The maximum atomic E-state index is 13.9. The Hall–Kier alpha value is -4.90. The molecule has 0 spiro atoms. The van der Waals surface area contributed by atoms with Crippen molar-refractivity contribution in [2.75, 3.05) is 33.3 Å². The minimum Gasteiger partial charge on any atom is -0.460 e. The molecular weight excluding hydrogens is 612 g/mol. The molecule has 1 aliphatic carbocycles. The number of methoxy groups -OCH3 is 1. The predicted molar refractivity (Wildman–Crippen MR) is 182 cm³/mol. The van der Waals surface area contributed by atoms with Crippen LogP contribution in [0.2, 0.25) is 0 Å². The van der Waals surface area contributed by atoms with Crippen LogP contribution in [0.5, 0.6) is 0 Å². The Morgan fingerprint density at radius 3 is 2.04 bits per heavy atom. The molecule has 4 rings (SSSR count). The van der Waals surface area contributed by atoms with Gasteiger partial charge in [-0.3, -0.25) is 14.5 Å². The lowest BCUT2D eigenvalue weighted by molar-refractivity contribution is -0.143. The second kappa shape index (κ2) is 17.3. The molecule has 1 atom stereocenters. The van der Waals surface area contributed by atoms with Crippen LogP contribution < -0.4 is 16.0 Å². The Morgan fingerprint density at radius 1 is 0.792 bits per heavy atom. The molecule has 0 unspecified atom stereocenters. The quantitative estimate of drug-likeness (QED) is 0.113. The van der Waals surface area contributed by atoms with Gasteiger partial charge in [0.15, 0.2) is 0 Å². The molecule has 0 saturated carbocycles. The molecule has 3 aromatic rings. The van der Waals surface area contributed by atoms with Crippen molar-refractivity contribution in [1.82, 2.24) is 20.9 Å². The number of carbonyl (C=O) groups is 4. The summed E-state index contributed by atoms with van der Waals surface area (Å²) in [6.07, 6.45) is 0.268. The third-order valence-corrected chi connectivity index (χ3v) is 7.79. The molecule has 256 valence electrons. The van der Waals surface area contributed by atoms with Crippen molar-refractivity contribution in [2.24, 2.45) is 0 Å². The SMILES string of the molecule is COC(=O)N(C1c2ccccc2-c2ccccc21)[C@@H](CCCCNC(=O)OC(C)(C)C)C(=O)NCCNCC(=O)OCc1ccccc1. The van der Waals surface area contributed by atoms with E-state index in [1.807, 2.05) is 78.9 Å². The monoisotopic (exact) mass is 658 g/mol. The molecule has 0 aliphatic heterocycles. The first kappa shape index (κ1) is 35.9. The molecular formula is C37H46N4O7. The van der Waals surface area contributed by atoms with Gasteiger partial charge in [-0.2, -0.15) is 0 Å². The Labute approximate surface area is 282 Å². The normalized spacial score (nSPS) is 12.7. The Balaban J connectivity index is 1.43. The highest BCUT2D eigenvalue weighted by Crippen LogP contribution is 2.47. The summed E-state index contributed by atoms with van der Waals surface area (Å²) in [7, 11) is 1.31. The summed E-state index contributed by atoms with van der Waals surface area (Å²) in [5.74, 6) is -0.755. The second-order valence-electron chi connectivity index (χ2n) is 12.5. The number of esters is 1. The molecule has 1 aliphatic rings. The van der Waals surface area contributed by atoms with Crippen LogP contribution in [0.25, 0.3) is 11.1 Å². The van der Waals surface area contributed by atoms with Crippen LogP contribution in [0.15, 0.2) is 78.9 Å². The summed E-state index contributed by atoms with van der Waals surface area (Å²) >= 11 is 0. The van der Waals surface area contributed by atoms with E-state index in [0.29, 0.717) is 32.4 Å². The summed E-state index contributed by atoms with van der Waals surface area (Å²) in [6.45, 7) is 6.43. The van der Waals surface area contributed by atoms with E-state index >= 15 is 0 Å². The number of hydrogen-bond donors (Lipinski definition) is 3. The van der Waals surface area contributed by atoms with Gasteiger partial charge in [0.05, 0.1) is 19.7 Å². The molecule has 0 aromatic heterocycles. The smallest absolute Gasteiger partial charge is 0.410 e. The van der Waals surface area contributed by atoms with Gasteiger partial charge < -0.3 is 30.2 Å². The predicted octanol–water partition coefficient (Wildman–Crippen LogP) is 5.34. The van der Waals surface area contributed by atoms with E-state index in [2.05, 4.69) is 16.0 Å². The highest BCUT2D eigenvalue weighted by molar-refractivity contribution is 5.88. The molecule has 0 bridgehead atoms. The van der Waals surface area contributed by atoms with E-state index in [1.54, 1.807) is 20.8 Å². The van der Waals surface area contributed by atoms with Crippen molar-refractivity contribution in [3.05, 3.63) is 95.6 Å². The number of benzene rings is 3. The van der Waals surface area contributed by atoms with Crippen LogP contribution in [0, 0.1) is 0 Å². The number of amides is 3. The van der Waals surface area contributed by atoms with Gasteiger partial charge in [0, 0.05) is 19.6 Å². The summed E-state index contributed by atoms with van der Waals surface area (Å²) in [6, 6.07) is 23.7. The first-order valence-corrected chi connectivity index (χ1v) is 16.3. The summed E-state index contributed by atoms with van der Waals surface area (Å²) in [4.78, 5) is 53.3. The molecule has 0 heterocycles. The number of unbranched alkanes of at least 4 members (excludes halogenated alkanes) is 1. The van der Waals surface area contributed by atoms with E-state index in [-0.39, 0.29) is 25.6 Å². The van der Waals surface area contributed by atoms with Gasteiger partial charge in [-0.15, -0.1) is 0 Å². The first-order chi connectivity index (χ1) is 23.1. The lowest BCUT2D eigenvalue weighted by Crippen LogP contribution is -2.52. The van der Waals surface area contributed by atoms with Crippen molar-refractivity contribution in [1.29, 1.82) is 0 Å². The number of rotatable bonds is 15. The van der Waals surface area contributed by atoms with Crippen LogP contribution in [0.4, 0.5) is 9.59 Å². The van der Waals surface area contributed by atoms with Crippen molar-refractivity contribution in [3.63, 3.8) is 0 Å². The van der Waals surface area contributed by atoms with Crippen LogP contribution in [0.3, 0.4) is 0 Å². The fraction of sp³-hybridized carbons (Fsp3) is 0.405. The highest BCUT2D eigenvalue weighted by atomic mass is 16.6. The highest BCUT2D eigenvalue weighted by Gasteiger charge is 2.41. The average molecular weight is 659 g/mol. The zero-order valence-corrected chi connectivity index (χ0v) is 28.1. The molecule has 0 fully saturated rings. The fourth-order valence-corrected chi connectivity index (χ4v) is 5.68. The molecule has 48 heavy (non-hydrogen) atoms. The van der Waals surface area contributed by atoms with Gasteiger partial charge in [0.1, 0.15) is 18.2 Å². The minimum atomic E-state index is -0.890. The third kappa shape index (κ3) is 10.0. The van der Waals surface area contributed by atoms with Crippen LogP contribution in [-0.2, 0) is 30.4 Å². The zero-order chi connectivity index (χ0) is 34.5. The first-order valence-electron chi connectivity index (χ1n) is 16.3. The number of fused-ring (bicyclic) bond motifs is 3. The number of nitrogens with one attached hydrogen (secondary N) is 3. The van der Waals surface area contributed by atoms with Crippen LogP contribution >= 0.6 is 0 Å². The molecule has 3 N–H and O–H groups in total. The van der Waals surface area contributed by atoms with Gasteiger partial charge in [0.25, 0.3) is 0 Å². The maximum absolute atomic E-state index is 13.9. The van der Waals surface area contributed by atoms with Gasteiger partial charge in [-0.25, -0.2) is 9.59 Å². The van der Waals surface area contributed by atoms with Crippen molar-refractivity contribution in [2.45, 2.75) is 64.3 Å². The van der Waals surface area contributed by atoms with Gasteiger partial charge in [0.2, 0.25) is 5.91 Å². The average Bonchev–Trinajstić information content (AvgIpc) is 3.40. The Morgan fingerprint density at radius 2 is 1.42 bits per heavy atom. The maximum Gasteiger partial charge on any atom is 0.410 e. The third-order valence-electron chi connectivity index (χ3n) is 7.79. The van der Waals surface area contributed by atoms with Gasteiger partial charge >= 0.3 is 18.2 Å². The topological polar surface area (TPSA) is 135 Å². The summed E-state index contributed by atoms with van der Waals surface area (Å²) in [5, 5.41) is 8.69. The standard InChI is InChI=1S/C37H46N4O7/c1-37(2,3)48-35(44)40-21-13-12-20-31(34(43)39-23-22-38-24-32(42)47-25-26-14-6-5-7-15-26)41(36(45)46-4)33-29-18-10-8-16-27(29)28-17-9-11-19-30(28)33/h5-11,14-19,31,33,38H,12-13,20-25H2,1-4H3,(H,39,43)(H,40,44)/t31-/m0/s1. The van der Waals surface area contributed by atoms with E-state index < -0.39 is 35.8 Å². The Kier molecular flexibility index (Phi) is 13.0. The molecule has 0 radical (unpaired) electrons. The fourth-order valence-electron chi connectivity index (χ4n) is 5.68. The van der Waals surface area contributed by atoms with Crippen molar-refractivity contribution >= 4 is 24.1 Å². The van der Waals surface area contributed by atoms with Crippen molar-refractivity contribution < 1.29 is 33.4 Å². The van der Waals surface area contributed by atoms with Crippen molar-refractivity contribution in [3.8, 4) is 11.1 Å². The molecule has 0 saturated heterocycles. The van der Waals surface area contributed by atoms with Gasteiger partial charge in [-0.05, 0) is 67.9 Å². The molecule has 11 nitrogen and oxygen atoms in total. The summed E-state index contributed by atoms with van der Waals surface area (Å²) in [5.41, 5.74) is 4.09. The van der Waals surface area contributed by atoms with E-state index in [0.717, 1.165) is 27.8 Å². The van der Waals surface area contributed by atoms with Crippen LogP contribution in [-0.4, -0.2) is 73.9 Å². The zero-order valence-electron chi connectivity index (χ0n) is 28.1. The lowest BCUT2D eigenvalue weighted by atomic mass is 9.98. The second-order valence-corrected chi connectivity index (χ2v) is 12.5. The Bertz CT molecular complexity index is 1490. The number of ether oxygens (including phenoxy) is 3. The minimum absolute atomic E-state index is 0.0132. The lowest BCUT2D eigenvalue weighted by Gasteiger charge is -2.35.